The molecule has 30 heavy (non-hydrogen) atoms. The van der Waals surface area contributed by atoms with E-state index in [1.54, 1.807) is 0 Å². The summed E-state index contributed by atoms with van der Waals surface area (Å²) in [6, 6.07) is 17.5. The molecule has 0 aliphatic carbocycles. The Bertz CT molecular complexity index is 911. The summed E-state index contributed by atoms with van der Waals surface area (Å²) in [6.45, 7) is 7.47. The Hall–Kier alpha value is -2.90. The molecule has 0 saturated carbocycles. The molecule has 6 nitrogen and oxygen atoms in total. The first-order chi connectivity index (χ1) is 14.6. The summed E-state index contributed by atoms with van der Waals surface area (Å²) in [7, 11) is 0. The van der Waals surface area contributed by atoms with Crippen LogP contribution in [0.3, 0.4) is 0 Å². The van der Waals surface area contributed by atoms with Crippen molar-refractivity contribution in [2.45, 2.75) is 12.6 Å². The average Bonchev–Trinajstić information content (AvgIpc) is 2.78. The van der Waals surface area contributed by atoms with Crippen molar-refractivity contribution in [3.05, 3.63) is 78.0 Å². The van der Waals surface area contributed by atoms with E-state index in [2.05, 4.69) is 34.2 Å². The molecule has 2 heterocycles. The molecule has 0 aromatic heterocycles. The van der Waals surface area contributed by atoms with Crippen molar-refractivity contribution in [1.29, 1.82) is 0 Å². The van der Waals surface area contributed by atoms with Gasteiger partial charge in [0, 0.05) is 24.5 Å². The van der Waals surface area contributed by atoms with Gasteiger partial charge in [-0.25, -0.2) is 0 Å². The number of nitrogens with one attached hydrogen (secondary N) is 2. The van der Waals surface area contributed by atoms with Crippen LogP contribution in [-0.2, 0) is 20.9 Å². The number of benzene rings is 2. The van der Waals surface area contributed by atoms with E-state index in [1.807, 2.05) is 42.5 Å². The van der Waals surface area contributed by atoms with Gasteiger partial charge >= 0.3 is 5.97 Å². The smallest absolute Gasteiger partial charge is 0.317 e. The highest BCUT2D eigenvalue weighted by molar-refractivity contribution is 7.80. The molecule has 2 unspecified atom stereocenters. The van der Waals surface area contributed by atoms with Crippen LogP contribution in [0.25, 0.3) is 0 Å². The van der Waals surface area contributed by atoms with Crippen molar-refractivity contribution < 1.29 is 14.3 Å². The predicted molar refractivity (Wildman–Crippen MR) is 120 cm³/mol. The lowest BCUT2D eigenvalue weighted by molar-refractivity contribution is -0.149. The third-order valence-electron chi connectivity index (χ3n) is 5.38. The van der Waals surface area contributed by atoms with Crippen molar-refractivity contribution >= 4 is 29.0 Å². The summed E-state index contributed by atoms with van der Waals surface area (Å²) < 4.78 is 11.0. The van der Waals surface area contributed by atoms with E-state index in [0.29, 0.717) is 10.8 Å². The van der Waals surface area contributed by atoms with E-state index < -0.39 is 5.92 Å². The first-order valence-electron chi connectivity index (χ1n) is 10.0. The van der Waals surface area contributed by atoms with E-state index in [-0.39, 0.29) is 18.6 Å². The molecule has 2 aliphatic rings. The largest absolute Gasteiger partial charge is 0.460 e. The molecule has 2 N–H and O–H groups in total. The fraction of sp³-hybridized carbons (Fsp3) is 0.304. The Morgan fingerprint density at radius 2 is 1.83 bits per heavy atom. The van der Waals surface area contributed by atoms with Crippen LogP contribution < -0.4 is 15.5 Å². The monoisotopic (exact) mass is 423 g/mol. The lowest BCUT2D eigenvalue weighted by Crippen LogP contribution is -2.50. The van der Waals surface area contributed by atoms with Crippen LogP contribution in [0.1, 0.15) is 17.2 Å². The number of morpholine rings is 1. The highest BCUT2D eigenvalue weighted by Gasteiger charge is 2.37. The van der Waals surface area contributed by atoms with Crippen LogP contribution in [0.15, 0.2) is 66.9 Å². The minimum atomic E-state index is -0.588. The Balaban J connectivity index is 1.50. The molecule has 7 heteroatoms. The molecular weight excluding hydrogens is 398 g/mol. The zero-order valence-electron chi connectivity index (χ0n) is 16.7. The molecule has 156 valence electrons. The first-order valence-corrected chi connectivity index (χ1v) is 10.4. The first kappa shape index (κ1) is 20.4. The molecule has 2 aromatic rings. The van der Waals surface area contributed by atoms with Crippen LogP contribution in [0.2, 0.25) is 0 Å². The summed E-state index contributed by atoms with van der Waals surface area (Å²) in [5, 5.41) is 6.64. The molecule has 2 aromatic carbocycles. The van der Waals surface area contributed by atoms with Gasteiger partial charge in [-0.15, -0.1) is 0 Å². The number of rotatable bonds is 5. The predicted octanol–water partition coefficient (Wildman–Crippen LogP) is 2.92. The van der Waals surface area contributed by atoms with Gasteiger partial charge in [-0.3, -0.25) is 4.79 Å². The summed E-state index contributed by atoms with van der Waals surface area (Å²) in [4.78, 5) is 15.2. The summed E-state index contributed by atoms with van der Waals surface area (Å²) in [5.74, 6) is -0.928. The number of anilines is 1. The molecule has 2 atom stereocenters. The second-order valence-corrected chi connectivity index (χ2v) is 7.77. The van der Waals surface area contributed by atoms with Gasteiger partial charge in [-0.2, -0.15) is 0 Å². The number of hydrogen-bond acceptors (Lipinski definition) is 5. The number of esters is 1. The van der Waals surface area contributed by atoms with Crippen LogP contribution >= 0.6 is 12.2 Å². The second kappa shape index (κ2) is 9.28. The number of nitrogens with zero attached hydrogens (tertiary/aromatic N) is 1. The fourth-order valence-electron chi connectivity index (χ4n) is 3.77. The number of ether oxygens (including phenoxy) is 2. The van der Waals surface area contributed by atoms with Gasteiger partial charge in [0.1, 0.15) is 12.5 Å². The highest BCUT2D eigenvalue weighted by atomic mass is 32.1. The maximum atomic E-state index is 13.0. The van der Waals surface area contributed by atoms with Gasteiger partial charge in [-0.1, -0.05) is 49.0 Å². The number of thiocarbonyl (C=S) groups is 1. The lowest BCUT2D eigenvalue weighted by atomic mass is 9.89. The molecule has 0 spiro atoms. The van der Waals surface area contributed by atoms with E-state index in [1.165, 1.54) is 0 Å². The average molecular weight is 424 g/mol. The Morgan fingerprint density at radius 3 is 2.53 bits per heavy atom. The molecular formula is C23H25N3O3S. The summed E-state index contributed by atoms with van der Waals surface area (Å²) in [6.07, 6.45) is 0. The van der Waals surface area contributed by atoms with Crippen molar-refractivity contribution in [3.63, 3.8) is 0 Å². The van der Waals surface area contributed by atoms with Gasteiger partial charge in [0.25, 0.3) is 0 Å². The van der Waals surface area contributed by atoms with Gasteiger partial charge in [0.15, 0.2) is 5.11 Å². The summed E-state index contributed by atoms with van der Waals surface area (Å²) >= 11 is 5.31. The van der Waals surface area contributed by atoms with Crippen molar-refractivity contribution in [2.24, 2.45) is 5.92 Å². The third-order valence-corrected chi connectivity index (χ3v) is 5.60. The topological polar surface area (TPSA) is 62.8 Å². The number of carbonyl (C=O) groups is 1. The maximum Gasteiger partial charge on any atom is 0.317 e. The van der Waals surface area contributed by atoms with Gasteiger partial charge < -0.3 is 25.0 Å². The Kier molecular flexibility index (Phi) is 6.30. The van der Waals surface area contributed by atoms with Crippen LogP contribution in [0.5, 0.6) is 0 Å². The number of hydrogen-bond donors (Lipinski definition) is 2. The summed E-state index contributed by atoms with van der Waals surface area (Å²) in [5.41, 5.74) is 3.58. The maximum absolute atomic E-state index is 13.0. The molecule has 0 radical (unpaired) electrons. The van der Waals surface area contributed by atoms with Gasteiger partial charge in [0.05, 0.1) is 19.3 Å². The zero-order valence-corrected chi connectivity index (χ0v) is 17.5. The minimum Gasteiger partial charge on any atom is -0.460 e. The Labute approximate surface area is 181 Å². The molecule has 2 fully saturated rings. The van der Waals surface area contributed by atoms with E-state index >= 15 is 0 Å². The Morgan fingerprint density at radius 1 is 1.13 bits per heavy atom. The lowest BCUT2D eigenvalue weighted by Gasteiger charge is -2.35. The van der Waals surface area contributed by atoms with Crippen molar-refractivity contribution in [3.8, 4) is 0 Å². The molecule has 2 aliphatic heterocycles. The second-order valence-electron chi connectivity index (χ2n) is 7.36. The molecule has 4 rings (SSSR count). The van der Waals surface area contributed by atoms with Gasteiger partial charge in [-0.05, 0) is 35.5 Å². The minimum absolute atomic E-state index is 0.219. The zero-order chi connectivity index (χ0) is 20.9. The van der Waals surface area contributed by atoms with Crippen LogP contribution in [0, 0.1) is 5.92 Å². The molecule has 0 amide bonds. The molecule has 0 bridgehead atoms. The van der Waals surface area contributed by atoms with E-state index in [0.717, 1.165) is 43.1 Å². The van der Waals surface area contributed by atoms with E-state index in [4.69, 9.17) is 21.7 Å². The van der Waals surface area contributed by atoms with Gasteiger partial charge in [0.2, 0.25) is 0 Å². The number of carbonyl (C=O) groups excluding carboxylic acids is 1. The quantitative estimate of drug-likeness (QED) is 0.566. The van der Waals surface area contributed by atoms with Crippen molar-refractivity contribution in [1.82, 2.24) is 10.6 Å². The van der Waals surface area contributed by atoms with E-state index in [9.17, 15) is 4.79 Å². The standard InChI is InChI=1S/C23H25N3O3S/c1-16-20(22(27)29-15-17-5-3-2-4-6-17)21(25-23(30)24-16)18-7-9-19(10-8-18)26-11-13-28-14-12-26/h2-10,20-21H,1,11-15H2,(H2,24,25,30). The highest BCUT2D eigenvalue weighted by Crippen LogP contribution is 2.32. The fourth-order valence-corrected chi connectivity index (χ4v) is 4.03. The SMILES string of the molecule is C=C1NC(=S)NC(c2ccc(N3CCOCC3)cc2)C1C(=O)OCc1ccccc1. The van der Waals surface area contributed by atoms with Crippen LogP contribution in [0.4, 0.5) is 5.69 Å². The third kappa shape index (κ3) is 4.63. The molecule has 2 saturated heterocycles. The van der Waals surface area contributed by atoms with Crippen molar-refractivity contribution in [2.75, 3.05) is 31.2 Å². The normalized spacial score (nSPS) is 21.5. The van der Waals surface area contributed by atoms with Crippen LogP contribution in [-0.4, -0.2) is 37.4 Å².